The Bertz CT molecular complexity index is 8090. The van der Waals surface area contributed by atoms with Crippen molar-refractivity contribution < 1.29 is 39.9 Å². The van der Waals surface area contributed by atoms with E-state index in [1.54, 1.807) is 42.5 Å². The van der Waals surface area contributed by atoms with E-state index in [9.17, 15) is 26.4 Å². The summed E-state index contributed by atoms with van der Waals surface area (Å²) in [5.41, 5.74) is 9.12. The molecule has 24 rings (SSSR count). The van der Waals surface area contributed by atoms with Gasteiger partial charge in [0.25, 0.3) is 0 Å². The summed E-state index contributed by atoms with van der Waals surface area (Å²) in [6.07, 6.45) is 0.873. The van der Waals surface area contributed by atoms with Crippen LogP contribution in [0.25, 0.3) is 152 Å². The van der Waals surface area contributed by atoms with E-state index >= 15 is 0 Å². The molecule has 22 aromatic rings. The average Bonchev–Trinajstić information content (AvgIpc) is 0.777. The molecule has 6 nitrogen and oxygen atoms in total. The number of benzene rings is 22. The summed E-state index contributed by atoms with van der Waals surface area (Å²) in [7, 11) is -6.05. The topological polar surface area (TPSA) is 78.9 Å². The molecule has 1 saturated heterocycles. The third-order valence-corrected chi connectivity index (χ3v) is 28.7. The second kappa shape index (κ2) is 40.8. The number of carbonyl (C=O) groups is 1. The molecule has 0 unspecified atom stereocenters. The first-order valence-corrected chi connectivity index (χ1v) is 49.4. The Morgan fingerprint density at radius 3 is 1.02 bits per heavy atom. The zero-order valence-electron chi connectivity index (χ0n) is 74.5. The molecule has 0 N–H and O–H groups in total. The molecule has 0 radical (unpaired) electrons. The molecule has 1 aliphatic heterocycles. The first-order chi connectivity index (χ1) is 65.9. The molecule has 136 heavy (non-hydrogen) atoms. The zero-order chi connectivity index (χ0) is 94.2. The lowest BCUT2D eigenvalue weighted by molar-refractivity contribution is -0.0499. The van der Waals surface area contributed by atoms with E-state index < -0.39 is 15.6 Å². The lowest BCUT2D eigenvalue weighted by atomic mass is 9.78. The van der Waals surface area contributed by atoms with Crippen molar-refractivity contribution in [3.05, 3.63) is 488 Å². The number of fused-ring (bicyclic) bond motifs is 12. The fourth-order valence-electron chi connectivity index (χ4n) is 17.6. The molecule has 0 saturated carbocycles. The van der Waals surface area contributed by atoms with Crippen molar-refractivity contribution in [2.24, 2.45) is 0 Å². The largest absolute Gasteiger partial charge is 0.534 e. The maximum absolute atomic E-state index is 12.6. The first-order valence-electron chi connectivity index (χ1n) is 44.6. The van der Waals surface area contributed by atoms with Gasteiger partial charge < -0.3 is 13.5 Å². The van der Waals surface area contributed by atoms with E-state index in [4.69, 9.17) is 9.31 Å². The van der Waals surface area contributed by atoms with Crippen molar-refractivity contribution in [3.63, 3.8) is 0 Å². The predicted octanol–water partition coefficient (Wildman–Crippen LogP) is 34.6. The summed E-state index contributed by atoms with van der Waals surface area (Å²) in [4.78, 5) is 12.1. The minimum atomic E-state index is -5.73. The predicted molar refractivity (Wildman–Crippen MR) is 582 cm³/mol. The first kappa shape index (κ1) is 93.2. The molecule has 15 heteroatoms. The minimum Gasteiger partial charge on any atom is -0.399 e. The number of carbonyl (C=O) groups excluding carboxylic acids is 1. The summed E-state index contributed by atoms with van der Waals surface area (Å²) < 4.78 is 82.0. The molecule has 1 heterocycles. The summed E-state index contributed by atoms with van der Waals surface area (Å²) in [6, 6.07) is 153. The van der Waals surface area contributed by atoms with Crippen LogP contribution in [0.15, 0.2) is 462 Å². The SMILES string of the molecule is Brc1c2ccccc2c(-c2ccc3ccccc3c2)c2ccccc12.Brc1ccc(-c2cccc3ccccc23)cc1.Brc1ccc(I)cc1.CC1(C)OB(c2ccc(-c3cccc4ccccc34)cc2)OC1(C)C.O=C1c2ccccc2Cc2ccccc21.O=S(=O)(Oc1c2ccccc2cc2ccccc12)C(F)(F)F.c1ccc2cc(-c3c4ccccc4cc4ccccc34)ccc2c1. The van der Waals surface area contributed by atoms with Gasteiger partial charge in [-0.3, -0.25) is 4.79 Å². The third kappa shape index (κ3) is 20.4. The van der Waals surface area contributed by atoms with E-state index in [1.807, 2.05) is 60.7 Å². The highest BCUT2D eigenvalue weighted by atomic mass is 127. The summed E-state index contributed by atoms with van der Waals surface area (Å²) in [6.45, 7) is 8.32. The van der Waals surface area contributed by atoms with Gasteiger partial charge in [0.1, 0.15) is 0 Å². The van der Waals surface area contributed by atoms with Gasteiger partial charge in [-0.05, 0) is 291 Å². The average molecular weight is 2100 g/mol. The van der Waals surface area contributed by atoms with Crippen LogP contribution in [0.5, 0.6) is 5.75 Å². The third-order valence-electron chi connectivity index (χ3n) is 25.1. The summed E-state index contributed by atoms with van der Waals surface area (Å²) in [5, 5.41) is 22.3. The molecule has 1 fully saturated rings. The van der Waals surface area contributed by atoms with Gasteiger partial charge in [-0.2, -0.15) is 21.6 Å². The second-order valence-corrected chi connectivity index (χ2v) is 39.7. The van der Waals surface area contributed by atoms with E-state index in [0.717, 1.165) is 43.1 Å². The highest BCUT2D eigenvalue weighted by Crippen LogP contribution is 2.45. The lowest BCUT2D eigenvalue weighted by Gasteiger charge is -2.32. The molecule has 1 aliphatic carbocycles. The summed E-state index contributed by atoms with van der Waals surface area (Å²) >= 11 is 12.9. The van der Waals surface area contributed by atoms with Crippen LogP contribution in [-0.4, -0.2) is 38.0 Å². The number of rotatable bonds is 7. The normalized spacial score (nSPS) is 12.9. The van der Waals surface area contributed by atoms with Gasteiger partial charge in [0, 0.05) is 38.9 Å². The van der Waals surface area contributed by atoms with Gasteiger partial charge in [-0.25, -0.2) is 0 Å². The van der Waals surface area contributed by atoms with Crippen LogP contribution in [0, 0.1) is 3.57 Å². The molecule has 2 aliphatic rings. The maximum atomic E-state index is 12.6. The van der Waals surface area contributed by atoms with Crippen molar-refractivity contribution in [3.8, 4) is 50.3 Å². The van der Waals surface area contributed by atoms with Gasteiger partial charge in [-0.15, -0.1) is 0 Å². The van der Waals surface area contributed by atoms with Gasteiger partial charge in [0.05, 0.1) is 11.2 Å². The van der Waals surface area contributed by atoms with Crippen LogP contribution < -0.4 is 9.65 Å². The van der Waals surface area contributed by atoms with Crippen LogP contribution >= 0.6 is 70.4 Å². The molecule has 0 atom stereocenters. The Balaban J connectivity index is 0.000000108. The Kier molecular flexibility index (Phi) is 27.9. The van der Waals surface area contributed by atoms with Crippen LogP contribution in [-0.2, 0) is 25.8 Å². The monoisotopic (exact) mass is 2100 g/mol. The Hall–Kier alpha value is -13.2. The van der Waals surface area contributed by atoms with Gasteiger partial charge in [0.15, 0.2) is 11.5 Å². The van der Waals surface area contributed by atoms with E-state index in [2.05, 4.69) is 436 Å². The van der Waals surface area contributed by atoms with Crippen LogP contribution in [0.3, 0.4) is 0 Å². The Labute approximate surface area is 828 Å². The minimum absolute atomic E-state index is 0.160. The van der Waals surface area contributed by atoms with Gasteiger partial charge in [-0.1, -0.05) is 420 Å². The zero-order valence-corrected chi connectivity index (χ0v) is 82.2. The fourth-order valence-corrected chi connectivity index (χ4v) is 19.6. The van der Waals surface area contributed by atoms with E-state index in [1.165, 1.54) is 151 Å². The van der Waals surface area contributed by atoms with E-state index in [-0.39, 0.29) is 29.9 Å². The number of hydrogen-bond donors (Lipinski definition) is 0. The fraction of sp³-hybridized carbons (Fsp3) is 0.0661. The van der Waals surface area contributed by atoms with Crippen molar-refractivity contribution >= 4 is 207 Å². The molecule has 0 aromatic heterocycles. The van der Waals surface area contributed by atoms with Crippen molar-refractivity contribution in [1.82, 2.24) is 0 Å². The molecule has 0 amide bonds. The number of halogens is 7. The quantitative estimate of drug-likeness (QED) is 0.0520. The molecule has 0 spiro atoms. The second-order valence-electron chi connectivity index (χ2n) is 34.3. The number of ketones is 1. The Morgan fingerprint density at radius 2 is 0.610 bits per heavy atom. The van der Waals surface area contributed by atoms with Gasteiger partial charge >= 0.3 is 22.7 Å². The number of alkyl halides is 3. The van der Waals surface area contributed by atoms with Crippen molar-refractivity contribution in [2.45, 2.75) is 50.8 Å². The van der Waals surface area contributed by atoms with Crippen LogP contribution in [0.1, 0.15) is 54.7 Å². The molecular weight excluding hydrogens is 2020 g/mol. The highest BCUT2D eigenvalue weighted by molar-refractivity contribution is 14.1. The standard InChI is InChI=1S/C24H15Br.C24H16.C22H23BO2.C16H11Br.C15H9F3O3S.C14H10O.C6H4BrI/c25-24-21-11-5-3-9-19(21)23(20-10-4-6-12-22(20)24)18-14-13-16-7-1-2-8-17(16)15-18;1-2-8-18-15-21(14-13-17(18)7-1)24-22-11-5-3-9-19(22)16-20-10-4-6-12-23(20)24;1-21(2)22(3,4)25-23(24-21)18-14-12-17(13-15-18)20-11-7-9-16-8-5-6-10-19(16)20;17-14-10-8-13(9-11-14)16-7-3-5-12-4-1-2-6-15(12)16;16-15(17,18)22(19,20)21-14-12-7-3-1-5-10(12)9-11-6-2-4-8-13(11)14;15-14-12-7-3-1-5-10(12)9-11-6-2-4-8-13(11)14;7-5-1-3-6(8)4-2-5/h1-15H;1-16H;5-15H,1-4H3;1-11H;1-9H;1-8H,9H2;1-4H. The molecular formula is C121H88BBr3F3IO6S. The number of hydrogen-bond acceptors (Lipinski definition) is 6. The molecule has 22 aromatic carbocycles. The maximum Gasteiger partial charge on any atom is 0.534 e. The van der Waals surface area contributed by atoms with E-state index in [0.29, 0.717) is 21.5 Å². The van der Waals surface area contributed by atoms with Crippen LogP contribution in [0.4, 0.5) is 13.2 Å². The molecule has 0 bridgehead atoms. The Morgan fingerprint density at radius 1 is 0.309 bits per heavy atom. The summed E-state index contributed by atoms with van der Waals surface area (Å²) in [5.74, 6) is -0.154. The van der Waals surface area contributed by atoms with Crippen molar-refractivity contribution in [1.29, 1.82) is 0 Å². The lowest BCUT2D eigenvalue weighted by Crippen LogP contribution is -2.41. The molecule has 666 valence electrons. The van der Waals surface area contributed by atoms with Crippen molar-refractivity contribution in [2.75, 3.05) is 0 Å². The van der Waals surface area contributed by atoms with Crippen LogP contribution in [0.2, 0.25) is 0 Å². The highest BCUT2D eigenvalue weighted by Gasteiger charge is 2.52. The smallest absolute Gasteiger partial charge is 0.399 e. The van der Waals surface area contributed by atoms with Gasteiger partial charge in [0.2, 0.25) is 0 Å².